The van der Waals surface area contributed by atoms with Gasteiger partial charge in [-0.05, 0) is 18.4 Å². The molecule has 0 atom stereocenters. The molecule has 0 radical (unpaired) electrons. The second-order valence-electron chi connectivity index (χ2n) is 6.59. The zero-order valence-electron chi connectivity index (χ0n) is 15.0. The number of ether oxygens (including phenoxy) is 1. The second kappa shape index (κ2) is 7.19. The number of fused-ring (bicyclic) bond motifs is 3. The van der Waals surface area contributed by atoms with Crippen molar-refractivity contribution in [2.24, 2.45) is 11.7 Å². The molecule has 3 rings (SSSR count). The van der Waals surface area contributed by atoms with Crippen LogP contribution in [0.5, 0.6) is 5.88 Å². The maximum absolute atomic E-state index is 12.0. The zero-order valence-corrected chi connectivity index (χ0v) is 15.0. The number of hydrogen-bond donors (Lipinski definition) is 1. The van der Waals surface area contributed by atoms with Crippen LogP contribution >= 0.6 is 0 Å². The summed E-state index contributed by atoms with van der Waals surface area (Å²) in [5.74, 6) is 1.18. The largest absolute Gasteiger partial charge is 0.405 e. The van der Waals surface area contributed by atoms with Crippen LogP contribution in [-0.4, -0.2) is 20.5 Å². The number of carbonyl (C=O) groups excluding carboxylic acids is 1. The van der Waals surface area contributed by atoms with Crippen LogP contribution in [0, 0.1) is 5.92 Å². The summed E-state index contributed by atoms with van der Waals surface area (Å²) < 4.78 is 7.65. The van der Waals surface area contributed by atoms with Crippen molar-refractivity contribution in [2.75, 3.05) is 0 Å². The maximum Gasteiger partial charge on any atom is 0.312 e. The molecule has 0 amide bonds. The molecule has 2 N–H and O–H groups in total. The number of carbonyl (C=O) groups is 1. The minimum atomic E-state index is -0.292. The van der Waals surface area contributed by atoms with Crippen molar-refractivity contribution in [3.05, 3.63) is 30.1 Å². The molecule has 0 unspecified atom stereocenters. The lowest BCUT2D eigenvalue weighted by Gasteiger charge is -2.12. The molecular formula is C19H24N4O2. The molecular weight excluding hydrogens is 316 g/mol. The summed E-state index contributed by atoms with van der Waals surface area (Å²) in [5.41, 5.74) is 8.23. The Balaban J connectivity index is 2.29. The highest BCUT2D eigenvalue weighted by Crippen LogP contribution is 2.32. The van der Waals surface area contributed by atoms with Crippen molar-refractivity contribution in [3.8, 4) is 5.88 Å². The molecule has 0 aliphatic heterocycles. The van der Waals surface area contributed by atoms with Gasteiger partial charge in [-0.2, -0.15) is 0 Å². The Hall–Kier alpha value is -2.47. The third kappa shape index (κ3) is 3.35. The van der Waals surface area contributed by atoms with Gasteiger partial charge in [0.15, 0.2) is 5.52 Å². The minimum absolute atomic E-state index is 0.268. The van der Waals surface area contributed by atoms with E-state index < -0.39 is 0 Å². The first-order chi connectivity index (χ1) is 12.0. The van der Waals surface area contributed by atoms with E-state index in [0.717, 1.165) is 35.2 Å². The first-order valence-corrected chi connectivity index (χ1v) is 8.73. The number of imidazole rings is 1. The van der Waals surface area contributed by atoms with Gasteiger partial charge >= 0.3 is 5.97 Å². The fourth-order valence-corrected chi connectivity index (χ4v) is 3.01. The topological polar surface area (TPSA) is 83.0 Å². The van der Waals surface area contributed by atoms with E-state index in [2.05, 4.69) is 28.4 Å². The number of rotatable bonds is 6. The summed E-state index contributed by atoms with van der Waals surface area (Å²) in [7, 11) is 0. The predicted molar refractivity (Wildman–Crippen MR) is 98.3 cm³/mol. The van der Waals surface area contributed by atoms with E-state index in [1.54, 1.807) is 0 Å². The lowest BCUT2D eigenvalue weighted by molar-refractivity contribution is -0.134. The van der Waals surface area contributed by atoms with E-state index in [1.807, 2.05) is 31.2 Å². The van der Waals surface area contributed by atoms with Crippen LogP contribution in [0.1, 0.15) is 39.4 Å². The van der Waals surface area contributed by atoms with Gasteiger partial charge in [-0.15, -0.1) is 0 Å². The van der Waals surface area contributed by atoms with Gasteiger partial charge in [0.1, 0.15) is 5.82 Å². The van der Waals surface area contributed by atoms with Crippen molar-refractivity contribution < 1.29 is 9.53 Å². The highest BCUT2D eigenvalue weighted by atomic mass is 16.5. The van der Waals surface area contributed by atoms with Gasteiger partial charge < -0.3 is 15.0 Å². The van der Waals surface area contributed by atoms with Crippen molar-refractivity contribution in [1.29, 1.82) is 0 Å². The summed E-state index contributed by atoms with van der Waals surface area (Å²) in [4.78, 5) is 21.2. The lowest BCUT2D eigenvalue weighted by Crippen LogP contribution is -2.12. The van der Waals surface area contributed by atoms with Gasteiger partial charge in [0.25, 0.3) is 5.88 Å². The number of para-hydroxylation sites is 1. The Morgan fingerprint density at radius 3 is 2.72 bits per heavy atom. The van der Waals surface area contributed by atoms with Gasteiger partial charge in [0, 0.05) is 18.4 Å². The highest BCUT2D eigenvalue weighted by Gasteiger charge is 2.20. The van der Waals surface area contributed by atoms with Gasteiger partial charge in [-0.3, -0.25) is 4.79 Å². The van der Waals surface area contributed by atoms with E-state index in [-0.39, 0.29) is 11.8 Å². The summed E-state index contributed by atoms with van der Waals surface area (Å²) in [6, 6.07) is 7.83. The number of hydrogen-bond acceptors (Lipinski definition) is 5. The molecule has 6 nitrogen and oxygen atoms in total. The van der Waals surface area contributed by atoms with Crippen LogP contribution < -0.4 is 10.5 Å². The van der Waals surface area contributed by atoms with Crippen LogP contribution in [0.15, 0.2) is 24.3 Å². The Kier molecular flexibility index (Phi) is 4.99. The number of pyridine rings is 1. The number of esters is 1. The SMILES string of the molecule is CCCC(=O)Oc1nc2ccccc2c2c1nc(CN)n2CC(C)C. The van der Waals surface area contributed by atoms with Gasteiger partial charge in [-0.1, -0.05) is 39.0 Å². The average Bonchev–Trinajstić information content (AvgIpc) is 2.93. The summed E-state index contributed by atoms with van der Waals surface area (Å²) in [5, 5.41) is 0.987. The van der Waals surface area contributed by atoms with Gasteiger partial charge in [0.2, 0.25) is 0 Å². The Labute approximate surface area is 147 Å². The Morgan fingerprint density at radius 1 is 1.28 bits per heavy atom. The van der Waals surface area contributed by atoms with Crippen molar-refractivity contribution in [1.82, 2.24) is 14.5 Å². The second-order valence-corrected chi connectivity index (χ2v) is 6.59. The summed E-state index contributed by atoms with van der Waals surface area (Å²) >= 11 is 0. The molecule has 0 aliphatic rings. The molecule has 3 aromatic rings. The number of nitrogens with two attached hydrogens (primary N) is 1. The molecule has 25 heavy (non-hydrogen) atoms. The van der Waals surface area contributed by atoms with E-state index >= 15 is 0 Å². The van der Waals surface area contributed by atoms with Crippen LogP contribution in [-0.2, 0) is 17.9 Å². The van der Waals surface area contributed by atoms with Gasteiger partial charge in [-0.25, -0.2) is 9.97 Å². The number of nitrogens with zero attached hydrogens (tertiary/aromatic N) is 3. The Bertz CT molecular complexity index is 915. The van der Waals surface area contributed by atoms with E-state index in [0.29, 0.717) is 24.4 Å². The molecule has 0 saturated carbocycles. The smallest absolute Gasteiger partial charge is 0.312 e. The molecule has 0 bridgehead atoms. The molecule has 6 heteroatoms. The lowest BCUT2D eigenvalue weighted by atomic mass is 10.1. The van der Waals surface area contributed by atoms with Crippen molar-refractivity contribution in [3.63, 3.8) is 0 Å². The normalized spacial score (nSPS) is 11.6. The van der Waals surface area contributed by atoms with Gasteiger partial charge in [0.05, 0.1) is 17.6 Å². The zero-order chi connectivity index (χ0) is 18.0. The molecule has 132 valence electrons. The predicted octanol–water partition coefficient (Wildman–Crippen LogP) is 3.40. The molecule has 0 saturated heterocycles. The van der Waals surface area contributed by atoms with Crippen LogP contribution in [0.3, 0.4) is 0 Å². The van der Waals surface area contributed by atoms with Crippen LogP contribution in [0.4, 0.5) is 0 Å². The number of benzene rings is 1. The van der Waals surface area contributed by atoms with E-state index in [1.165, 1.54) is 0 Å². The molecule has 1 aromatic carbocycles. The summed E-state index contributed by atoms with van der Waals surface area (Å²) in [6.07, 6.45) is 1.08. The number of aromatic nitrogens is 3. The Morgan fingerprint density at radius 2 is 2.04 bits per heavy atom. The summed E-state index contributed by atoms with van der Waals surface area (Å²) in [6.45, 7) is 7.35. The quantitative estimate of drug-likeness (QED) is 0.695. The average molecular weight is 340 g/mol. The standard InChI is InChI=1S/C19H24N4O2/c1-4-7-16(24)25-19-17-18(13-8-5-6-9-14(13)21-19)23(11-12(2)3)15(10-20)22-17/h5-6,8-9,12H,4,7,10-11,20H2,1-3H3. The van der Waals surface area contributed by atoms with Crippen LogP contribution in [0.2, 0.25) is 0 Å². The molecule has 0 spiro atoms. The fourth-order valence-electron chi connectivity index (χ4n) is 3.01. The monoisotopic (exact) mass is 340 g/mol. The minimum Gasteiger partial charge on any atom is -0.405 e. The fraction of sp³-hybridized carbons (Fsp3) is 0.421. The first kappa shape index (κ1) is 17.4. The molecule has 0 aliphatic carbocycles. The van der Waals surface area contributed by atoms with E-state index in [9.17, 15) is 4.79 Å². The first-order valence-electron chi connectivity index (χ1n) is 8.73. The molecule has 2 heterocycles. The third-order valence-electron chi connectivity index (χ3n) is 4.03. The molecule has 0 fully saturated rings. The highest BCUT2D eigenvalue weighted by molar-refractivity contribution is 6.05. The van der Waals surface area contributed by atoms with E-state index in [4.69, 9.17) is 10.5 Å². The van der Waals surface area contributed by atoms with Crippen molar-refractivity contribution in [2.45, 2.75) is 46.7 Å². The third-order valence-corrected chi connectivity index (χ3v) is 4.03. The van der Waals surface area contributed by atoms with Crippen LogP contribution in [0.25, 0.3) is 21.9 Å². The van der Waals surface area contributed by atoms with Crippen molar-refractivity contribution >= 4 is 27.9 Å². The molecule has 2 aromatic heterocycles. The maximum atomic E-state index is 12.0.